The molecule has 1 atom stereocenters. The van der Waals surface area contributed by atoms with Gasteiger partial charge in [0.2, 0.25) is 0 Å². The molecule has 0 fully saturated rings. The second-order valence-corrected chi connectivity index (χ2v) is 5.99. The minimum absolute atomic E-state index is 0.189. The van der Waals surface area contributed by atoms with Gasteiger partial charge in [-0.3, -0.25) is 0 Å². The predicted molar refractivity (Wildman–Crippen MR) is 99.9 cm³/mol. The van der Waals surface area contributed by atoms with E-state index in [1.165, 1.54) is 11.3 Å². The second kappa shape index (κ2) is 7.13. The molecule has 0 aliphatic heterocycles. The van der Waals surface area contributed by atoms with E-state index in [9.17, 15) is 0 Å². The molecule has 24 heavy (non-hydrogen) atoms. The van der Waals surface area contributed by atoms with Crippen LogP contribution in [0.25, 0.3) is 0 Å². The first-order chi connectivity index (χ1) is 11.6. The Morgan fingerprint density at radius 3 is 2.42 bits per heavy atom. The first kappa shape index (κ1) is 16.0. The summed E-state index contributed by atoms with van der Waals surface area (Å²) in [5.74, 6) is 1.12. The average molecular weight is 318 g/mol. The summed E-state index contributed by atoms with van der Waals surface area (Å²) < 4.78 is 1.84. The number of anilines is 1. The molecular weight excluding hydrogens is 296 g/mol. The molecule has 0 radical (unpaired) electrons. The van der Waals surface area contributed by atoms with Gasteiger partial charge in [0.15, 0.2) is 0 Å². The van der Waals surface area contributed by atoms with E-state index in [0.717, 1.165) is 11.4 Å². The fourth-order valence-corrected chi connectivity index (χ4v) is 2.59. The molecule has 0 N–H and O–H groups in total. The van der Waals surface area contributed by atoms with Crippen molar-refractivity contribution >= 4 is 11.9 Å². The van der Waals surface area contributed by atoms with Gasteiger partial charge in [0.1, 0.15) is 5.82 Å². The van der Waals surface area contributed by atoms with E-state index in [-0.39, 0.29) is 5.92 Å². The molecule has 2 aromatic carbocycles. The van der Waals surface area contributed by atoms with Crippen molar-refractivity contribution in [3.05, 3.63) is 83.9 Å². The molecule has 1 aromatic heterocycles. The molecule has 0 aliphatic carbocycles. The predicted octanol–water partition coefficient (Wildman–Crippen LogP) is 3.98. The average Bonchev–Trinajstić information content (AvgIpc) is 3.09. The molecule has 3 aromatic rings. The molecule has 0 spiro atoms. The quantitative estimate of drug-likeness (QED) is 0.667. The number of rotatable bonds is 5. The van der Waals surface area contributed by atoms with Crippen LogP contribution in [0, 0.1) is 0 Å². The van der Waals surface area contributed by atoms with Crippen LogP contribution >= 0.6 is 0 Å². The zero-order chi connectivity index (χ0) is 16.9. The molecule has 4 heteroatoms. The Balaban J connectivity index is 1.80. The van der Waals surface area contributed by atoms with Crippen LogP contribution in [0.5, 0.6) is 0 Å². The highest BCUT2D eigenvalue weighted by molar-refractivity contribution is 5.80. The number of benzene rings is 2. The van der Waals surface area contributed by atoms with Gasteiger partial charge in [-0.1, -0.05) is 49.4 Å². The Morgan fingerprint density at radius 1 is 1.04 bits per heavy atom. The largest absolute Gasteiger partial charge is 0.378 e. The van der Waals surface area contributed by atoms with Gasteiger partial charge in [0.25, 0.3) is 0 Å². The summed E-state index contributed by atoms with van der Waals surface area (Å²) in [5, 5.41) is 4.57. The van der Waals surface area contributed by atoms with Gasteiger partial charge in [-0.25, -0.2) is 9.66 Å². The maximum Gasteiger partial charge on any atom is 0.137 e. The third-order valence-electron chi connectivity index (χ3n) is 4.08. The van der Waals surface area contributed by atoms with E-state index < -0.39 is 0 Å². The van der Waals surface area contributed by atoms with Crippen molar-refractivity contribution in [2.45, 2.75) is 12.8 Å². The van der Waals surface area contributed by atoms with Gasteiger partial charge < -0.3 is 4.90 Å². The van der Waals surface area contributed by atoms with Crippen molar-refractivity contribution < 1.29 is 0 Å². The number of aromatic nitrogens is 2. The van der Waals surface area contributed by atoms with E-state index in [1.807, 2.05) is 37.2 Å². The van der Waals surface area contributed by atoms with Crippen LogP contribution < -0.4 is 4.90 Å². The van der Waals surface area contributed by atoms with E-state index in [1.54, 1.807) is 6.20 Å². The Labute approximate surface area is 143 Å². The summed E-state index contributed by atoms with van der Waals surface area (Å²) in [6.07, 6.45) is 5.54. The highest BCUT2D eigenvalue weighted by Crippen LogP contribution is 2.22. The van der Waals surface area contributed by atoms with Crippen LogP contribution in [0.15, 0.2) is 72.1 Å². The standard InChI is InChI=1S/C20H22N4/c1-16(18-7-5-4-6-8-18)20-21-13-14-24(20)22-15-17-9-11-19(12-10-17)23(2)3/h4-16H,1-3H3/b22-15+. The van der Waals surface area contributed by atoms with Crippen molar-refractivity contribution in [3.63, 3.8) is 0 Å². The normalized spacial score (nSPS) is 12.5. The molecule has 122 valence electrons. The zero-order valence-corrected chi connectivity index (χ0v) is 14.3. The molecule has 3 rings (SSSR count). The highest BCUT2D eigenvalue weighted by Gasteiger charge is 2.13. The monoisotopic (exact) mass is 318 g/mol. The van der Waals surface area contributed by atoms with Crippen LogP contribution in [0.1, 0.15) is 29.8 Å². The number of nitrogens with zero attached hydrogens (tertiary/aromatic N) is 4. The van der Waals surface area contributed by atoms with Gasteiger partial charge in [-0.05, 0) is 23.3 Å². The van der Waals surface area contributed by atoms with E-state index in [0.29, 0.717) is 0 Å². The van der Waals surface area contributed by atoms with Crippen molar-refractivity contribution in [2.75, 3.05) is 19.0 Å². The lowest BCUT2D eigenvalue weighted by Crippen LogP contribution is -2.08. The van der Waals surface area contributed by atoms with Gasteiger partial charge in [0, 0.05) is 38.1 Å². The molecule has 0 saturated heterocycles. The molecule has 1 unspecified atom stereocenters. The Hall–Kier alpha value is -2.88. The Morgan fingerprint density at radius 2 is 1.75 bits per heavy atom. The van der Waals surface area contributed by atoms with E-state index >= 15 is 0 Å². The maximum atomic E-state index is 4.57. The van der Waals surface area contributed by atoms with Gasteiger partial charge >= 0.3 is 0 Å². The molecule has 0 aliphatic rings. The first-order valence-corrected chi connectivity index (χ1v) is 8.05. The lowest BCUT2D eigenvalue weighted by molar-refractivity contribution is 0.727. The van der Waals surface area contributed by atoms with Crippen molar-refractivity contribution in [1.29, 1.82) is 0 Å². The van der Waals surface area contributed by atoms with Crippen LogP contribution in [-0.4, -0.2) is 30.0 Å². The van der Waals surface area contributed by atoms with Crippen molar-refractivity contribution in [3.8, 4) is 0 Å². The fraction of sp³-hybridized carbons (Fsp3) is 0.200. The van der Waals surface area contributed by atoms with Crippen LogP contribution in [-0.2, 0) is 0 Å². The third kappa shape index (κ3) is 3.54. The zero-order valence-electron chi connectivity index (χ0n) is 14.3. The SMILES string of the molecule is CC(c1ccccc1)c1nccn1/N=C/c1ccc(N(C)C)cc1. The third-order valence-corrected chi connectivity index (χ3v) is 4.08. The summed E-state index contributed by atoms with van der Waals surface area (Å²) in [6, 6.07) is 18.7. The minimum atomic E-state index is 0.189. The van der Waals surface area contributed by atoms with E-state index in [4.69, 9.17) is 0 Å². The highest BCUT2D eigenvalue weighted by atomic mass is 15.4. The molecule has 0 amide bonds. The number of hydrogen-bond donors (Lipinski definition) is 0. The lowest BCUT2D eigenvalue weighted by atomic mass is 10.0. The molecule has 1 heterocycles. The second-order valence-electron chi connectivity index (χ2n) is 5.99. The molecule has 0 saturated carbocycles. The molecule has 4 nitrogen and oxygen atoms in total. The van der Waals surface area contributed by atoms with Gasteiger partial charge in [-0.2, -0.15) is 5.10 Å². The summed E-state index contributed by atoms with van der Waals surface area (Å²) in [4.78, 5) is 6.56. The smallest absolute Gasteiger partial charge is 0.137 e. The van der Waals surface area contributed by atoms with Crippen LogP contribution in [0.3, 0.4) is 0 Å². The van der Waals surface area contributed by atoms with Gasteiger partial charge in [0.05, 0.1) is 6.21 Å². The summed E-state index contributed by atoms with van der Waals surface area (Å²) in [7, 11) is 4.07. The van der Waals surface area contributed by atoms with Crippen molar-refractivity contribution in [1.82, 2.24) is 9.66 Å². The Bertz CT molecular complexity index is 801. The van der Waals surface area contributed by atoms with Crippen LogP contribution in [0.2, 0.25) is 0 Å². The van der Waals surface area contributed by atoms with Crippen LogP contribution in [0.4, 0.5) is 5.69 Å². The Kier molecular flexibility index (Phi) is 4.75. The topological polar surface area (TPSA) is 33.4 Å². The fourth-order valence-electron chi connectivity index (χ4n) is 2.59. The van der Waals surface area contributed by atoms with E-state index in [2.05, 4.69) is 70.4 Å². The first-order valence-electron chi connectivity index (χ1n) is 8.05. The van der Waals surface area contributed by atoms with Crippen molar-refractivity contribution in [2.24, 2.45) is 5.10 Å². The maximum absolute atomic E-state index is 4.57. The minimum Gasteiger partial charge on any atom is -0.378 e. The van der Waals surface area contributed by atoms with Gasteiger partial charge in [-0.15, -0.1) is 0 Å². The summed E-state index contributed by atoms with van der Waals surface area (Å²) in [5.41, 5.74) is 3.47. The lowest BCUT2D eigenvalue weighted by Gasteiger charge is -2.12. The summed E-state index contributed by atoms with van der Waals surface area (Å²) in [6.45, 7) is 2.15. The number of hydrogen-bond acceptors (Lipinski definition) is 3. The number of imidazole rings is 1. The summed E-state index contributed by atoms with van der Waals surface area (Å²) >= 11 is 0. The molecule has 0 bridgehead atoms. The molecular formula is C20H22N4.